The Balaban J connectivity index is 1.27. The van der Waals surface area contributed by atoms with Crippen LogP contribution in [0.25, 0.3) is 0 Å². The van der Waals surface area contributed by atoms with Gasteiger partial charge in [-0.3, -0.25) is 9.89 Å². The highest BCUT2D eigenvalue weighted by atomic mass is 16.6. The molecular weight excluding hydrogens is 404 g/mol. The Labute approximate surface area is 190 Å². The predicted molar refractivity (Wildman–Crippen MR) is 126 cm³/mol. The van der Waals surface area contributed by atoms with Crippen molar-refractivity contribution in [2.75, 3.05) is 40.4 Å². The summed E-state index contributed by atoms with van der Waals surface area (Å²) in [7, 11) is 3.84. The quantitative estimate of drug-likeness (QED) is 0.534. The molecule has 2 N–H and O–H groups in total. The summed E-state index contributed by atoms with van der Waals surface area (Å²) in [5.41, 5.74) is 3.68. The first-order chi connectivity index (χ1) is 15.6. The highest BCUT2D eigenvalue weighted by Gasteiger charge is 2.17. The van der Waals surface area contributed by atoms with Gasteiger partial charge in [0, 0.05) is 46.8 Å². The predicted octanol–water partition coefficient (Wildman–Crippen LogP) is 2.62. The number of hydrogen-bond acceptors (Lipinski definition) is 5. The van der Waals surface area contributed by atoms with Gasteiger partial charge in [0.2, 0.25) is 0 Å². The van der Waals surface area contributed by atoms with E-state index in [4.69, 9.17) is 9.47 Å². The van der Waals surface area contributed by atoms with Gasteiger partial charge in [0.05, 0.1) is 6.10 Å². The SMILES string of the molecule is CN=C(NCc1ccc(CN2CCC(O)CC2)cc1)N(C)Cc1ccc2c(c1)OCCO2. The van der Waals surface area contributed by atoms with Crippen molar-refractivity contribution < 1.29 is 14.6 Å². The van der Waals surface area contributed by atoms with Gasteiger partial charge < -0.3 is 24.8 Å². The summed E-state index contributed by atoms with van der Waals surface area (Å²) in [5, 5.41) is 13.1. The Morgan fingerprint density at radius 2 is 1.69 bits per heavy atom. The lowest BCUT2D eigenvalue weighted by Gasteiger charge is -2.29. The molecule has 0 amide bonds. The number of fused-ring (bicyclic) bond motifs is 1. The monoisotopic (exact) mass is 438 g/mol. The van der Waals surface area contributed by atoms with E-state index in [1.807, 2.05) is 19.2 Å². The number of nitrogens with one attached hydrogen (secondary N) is 1. The van der Waals surface area contributed by atoms with E-state index in [0.29, 0.717) is 19.8 Å². The van der Waals surface area contributed by atoms with Crippen LogP contribution in [0, 0.1) is 0 Å². The molecule has 7 heteroatoms. The molecule has 2 aromatic carbocycles. The number of ether oxygens (including phenoxy) is 2. The Kier molecular flexibility index (Phi) is 7.50. The van der Waals surface area contributed by atoms with Gasteiger partial charge in [-0.05, 0) is 41.7 Å². The van der Waals surface area contributed by atoms with Crippen LogP contribution in [0.3, 0.4) is 0 Å². The highest BCUT2D eigenvalue weighted by molar-refractivity contribution is 5.79. The third-order valence-corrected chi connectivity index (χ3v) is 6.04. The van der Waals surface area contributed by atoms with Gasteiger partial charge in [0.1, 0.15) is 13.2 Å². The van der Waals surface area contributed by atoms with E-state index in [-0.39, 0.29) is 6.10 Å². The number of benzene rings is 2. The maximum absolute atomic E-state index is 9.67. The van der Waals surface area contributed by atoms with E-state index in [1.165, 1.54) is 11.1 Å². The van der Waals surface area contributed by atoms with E-state index in [2.05, 4.69) is 50.4 Å². The number of piperidine rings is 1. The number of likely N-dealkylation sites (tertiary alicyclic amines) is 1. The van der Waals surface area contributed by atoms with Crippen LogP contribution in [0.15, 0.2) is 47.5 Å². The first kappa shape index (κ1) is 22.4. The number of aliphatic hydroxyl groups excluding tert-OH is 1. The number of guanidine groups is 1. The number of hydrogen-bond donors (Lipinski definition) is 2. The van der Waals surface area contributed by atoms with E-state index in [1.54, 1.807) is 7.05 Å². The van der Waals surface area contributed by atoms with Crippen LogP contribution in [0.4, 0.5) is 0 Å². The molecule has 2 aliphatic heterocycles. The van der Waals surface area contributed by atoms with E-state index >= 15 is 0 Å². The lowest BCUT2D eigenvalue weighted by molar-refractivity contribution is 0.0792. The van der Waals surface area contributed by atoms with Crippen molar-refractivity contribution in [3.05, 3.63) is 59.2 Å². The van der Waals surface area contributed by atoms with Gasteiger partial charge in [-0.2, -0.15) is 0 Å². The molecule has 0 atom stereocenters. The molecule has 2 aliphatic rings. The van der Waals surface area contributed by atoms with Crippen LogP contribution >= 0.6 is 0 Å². The second-order valence-corrected chi connectivity index (χ2v) is 8.56. The number of aliphatic imine (C=N–C) groups is 1. The summed E-state index contributed by atoms with van der Waals surface area (Å²) >= 11 is 0. The molecule has 7 nitrogen and oxygen atoms in total. The lowest BCUT2D eigenvalue weighted by Crippen LogP contribution is -2.38. The van der Waals surface area contributed by atoms with Gasteiger partial charge in [0.25, 0.3) is 0 Å². The Hall–Kier alpha value is -2.77. The maximum atomic E-state index is 9.67. The van der Waals surface area contributed by atoms with Crippen molar-refractivity contribution in [1.82, 2.24) is 15.1 Å². The van der Waals surface area contributed by atoms with Crippen LogP contribution in [0.5, 0.6) is 11.5 Å². The number of rotatable bonds is 6. The molecule has 1 saturated heterocycles. The van der Waals surface area contributed by atoms with Crippen LogP contribution in [-0.4, -0.2) is 67.4 Å². The zero-order valence-corrected chi connectivity index (χ0v) is 19.1. The molecule has 0 saturated carbocycles. The first-order valence-corrected chi connectivity index (χ1v) is 11.4. The van der Waals surface area contributed by atoms with E-state index in [9.17, 15) is 5.11 Å². The molecule has 172 valence electrons. The molecule has 0 aromatic heterocycles. The average Bonchev–Trinajstić information content (AvgIpc) is 2.82. The minimum absolute atomic E-state index is 0.123. The fraction of sp³-hybridized carbons (Fsp3) is 0.480. The van der Waals surface area contributed by atoms with Crippen LogP contribution in [0.2, 0.25) is 0 Å². The fourth-order valence-electron chi connectivity index (χ4n) is 4.20. The molecule has 0 unspecified atom stereocenters. The van der Waals surface area contributed by atoms with Crippen molar-refractivity contribution in [2.24, 2.45) is 4.99 Å². The standard InChI is InChI=1S/C25H34N4O3/c1-26-25(28(2)17-21-7-8-23-24(15-21)32-14-13-31-23)27-16-19-3-5-20(6-4-19)18-29-11-9-22(30)10-12-29/h3-8,15,22,30H,9-14,16-18H2,1-2H3,(H,26,27). The van der Waals surface area contributed by atoms with Crippen LogP contribution in [-0.2, 0) is 19.6 Å². The highest BCUT2D eigenvalue weighted by Crippen LogP contribution is 2.31. The summed E-state index contributed by atoms with van der Waals surface area (Å²) < 4.78 is 11.3. The number of nitrogens with zero attached hydrogens (tertiary/aromatic N) is 3. The van der Waals surface area contributed by atoms with Crippen LogP contribution in [0.1, 0.15) is 29.5 Å². The molecule has 0 radical (unpaired) electrons. The smallest absolute Gasteiger partial charge is 0.193 e. The molecule has 2 aromatic rings. The van der Waals surface area contributed by atoms with Crippen molar-refractivity contribution in [1.29, 1.82) is 0 Å². The molecule has 32 heavy (non-hydrogen) atoms. The Bertz CT molecular complexity index is 908. The molecule has 0 aliphatic carbocycles. The molecule has 2 heterocycles. The third-order valence-electron chi connectivity index (χ3n) is 6.04. The molecular formula is C25H34N4O3. The minimum Gasteiger partial charge on any atom is -0.486 e. The lowest BCUT2D eigenvalue weighted by atomic mass is 10.1. The average molecular weight is 439 g/mol. The van der Waals surface area contributed by atoms with Gasteiger partial charge in [-0.15, -0.1) is 0 Å². The van der Waals surface area contributed by atoms with Gasteiger partial charge >= 0.3 is 0 Å². The van der Waals surface area contributed by atoms with E-state index in [0.717, 1.165) is 62.0 Å². The number of aliphatic hydroxyl groups is 1. The first-order valence-electron chi connectivity index (χ1n) is 11.4. The summed E-state index contributed by atoms with van der Waals surface area (Å²) in [4.78, 5) is 8.95. The summed E-state index contributed by atoms with van der Waals surface area (Å²) in [6.45, 7) is 5.52. The molecule has 4 rings (SSSR count). The second-order valence-electron chi connectivity index (χ2n) is 8.56. The zero-order valence-electron chi connectivity index (χ0n) is 19.1. The van der Waals surface area contributed by atoms with Crippen LogP contribution < -0.4 is 14.8 Å². The normalized spacial score (nSPS) is 17.3. The van der Waals surface area contributed by atoms with Crippen molar-refractivity contribution in [3.8, 4) is 11.5 Å². The van der Waals surface area contributed by atoms with E-state index < -0.39 is 0 Å². The Morgan fingerprint density at radius 3 is 2.41 bits per heavy atom. The van der Waals surface area contributed by atoms with Gasteiger partial charge in [-0.25, -0.2) is 0 Å². The minimum atomic E-state index is -0.123. The summed E-state index contributed by atoms with van der Waals surface area (Å²) in [5.74, 6) is 2.47. The van der Waals surface area contributed by atoms with Gasteiger partial charge in [-0.1, -0.05) is 30.3 Å². The van der Waals surface area contributed by atoms with Gasteiger partial charge in [0.15, 0.2) is 17.5 Å². The maximum Gasteiger partial charge on any atom is 0.193 e. The second kappa shape index (κ2) is 10.7. The topological polar surface area (TPSA) is 69.6 Å². The fourth-order valence-corrected chi connectivity index (χ4v) is 4.20. The molecule has 0 bridgehead atoms. The van der Waals surface area contributed by atoms with Crippen molar-refractivity contribution in [2.45, 2.75) is 38.6 Å². The summed E-state index contributed by atoms with van der Waals surface area (Å²) in [6.07, 6.45) is 1.63. The Morgan fingerprint density at radius 1 is 1.03 bits per heavy atom. The molecule has 1 fully saturated rings. The molecule has 0 spiro atoms. The zero-order chi connectivity index (χ0) is 22.3. The third kappa shape index (κ3) is 5.93. The van der Waals surface area contributed by atoms with Crippen molar-refractivity contribution >= 4 is 5.96 Å². The summed E-state index contributed by atoms with van der Waals surface area (Å²) in [6, 6.07) is 14.8. The van der Waals surface area contributed by atoms with Crippen molar-refractivity contribution in [3.63, 3.8) is 0 Å². The largest absolute Gasteiger partial charge is 0.486 e.